The quantitative estimate of drug-likeness (QED) is 0.316. The van der Waals surface area contributed by atoms with Crippen molar-refractivity contribution >= 4 is 23.6 Å². The Morgan fingerprint density at radius 1 is 1.58 bits per heavy atom. The first-order valence-electron chi connectivity index (χ1n) is 5.41. The molecule has 1 amide bonds. The number of aryl methyl sites for hydroxylation is 1. The van der Waals surface area contributed by atoms with Gasteiger partial charge in [0, 0.05) is 18.4 Å². The van der Waals surface area contributed by atoms with E-state index in [9.17, 15) is 4.79 Å². The third kappa shape index (κ3) is 2.71. The van der Waals surface area contributed by atoms with E-state index in [4.69, 9.17) is 16.0 Å². The number of carbonyl (C=O) groups excluding carboxylic acids is 1. The molecule has 0 aliphatic heterocycles. The summed E-state index contributed by atoms with van der Waals surface area (Å²) < 4.78 is 7.01. The van der Waals surface area contributed by atoms with E-state index < -0.39 is 5.91 Å². The molecule has 0 bridgehead atoms. The van der Waals surface area contributed by atoms with Crippen molar-refractivity contribution in [1.29, 1.82) is 0 Å². The highest BCUT2D eigenvalue weighted by Gasteiger charge is 2.14. The fourth-order valence-corrected chi connectivity index (χ4v) is 2.40. The molecule has 0 saturated carbocycles. The van der Waals surface area contributed by atoms with Crippen LogP contribution in [0.4, 0.5) is 5.95 Å². The second kappa shape index (κ2) is 5.33. The second-order valence-corrected chi connectivity index (χ2v) is 4.80. The number of furan rings is 1. The molecule has 2 aromatic rings. The van der Waals surface area contributed by atoms with Gasteiger partial charge in [-0.3, -0.25) is 14.8 Å². The van der Waals surface area contributed by atoms with E-state index >= 15 is 0 Å². The third-order valence-corrected chi connectivity index (χ3v) is 3.67. The molecule has 0 fully saturated rings. The number of carbonyl (C=O) groups is 1. The fraction of sp³-hybridized carbons (Fsp3) is 0.300. The van der Waals surface area contributed by atoms with Gasteiger partial charge in [-0.2, -0.15) is 0 Å². The molecule has 0 aliphatic carbocycles. The minimum Gasteiger partial charge on any atom is -0.456 e. The van der Waals surface area contributed by atoms with Crippen molar-refractivity contribution in [1.82, 2.24) is 20.2 Å². The number of nitrogens with zero attached hydrogens (tertiary/aromatic N) is 3. The van der Waals surface area contributed by atoms with E-state index in [0.29, 0.717) is 22.6 Å². The minimum atomic E-state index is -0.456. The van der Waals surface area contributed by atoms with Gasteiger partial charge in [-0.1, -0.05) is 11.8 Å². The van der Waals surface area contributed by atoms with Crippen LogP contribution in [0.5, 0.6) is 0 Å². The SMILES string of the molecule is Cc1oc(C(=O)NN)cc1CSc1nnc(N)n1C. The van der Waals surface area contributed by atoms with Crippen molar-refractivity contribution < 1.29 is 9.21 Å². The lowest BCUT2D eigenvalue weighted by atomic mass is 10.3. The van der Waals surface area contributed by atoms with Crippen LogP contribution in [0.25, 0.3) is 0 Å². The first-order chi connectivity index (χ1) is 9.02. The van der Waals surface area contributed by atoms with Crippen LogP contribution in [0.2, 0.25) is 0 Å². The Labute approximate surface area is 113 Å². The van der Waals surface area contributed by atoms with Gasteiger partial charge in [-0.25, -0.2) is 5.84 Å². The minimum absolute atomic E-state index is 0.188. The number of hydrazine groups is 1. The van der Waals surface area contributed by atoms with Crippen LogP contribution in [-0.2, 0) is 12.8 Å². The number of nitrogens with one attached hydrogen (secondary N) is 1. The van der Waals surface area contributed by atoms with E-state index in [1.54, 1.807) is 24.6 Å². The molecule has 5 N–H and O–H groups in total. The van der Waals surface area contributed by atoms with E-state index in [1.165, 1.54) is 11.8 Å². The summed E-state index contributed by atoms with van der Waals surface area (Å²) in [7, 11) is 1.78. The standard InChI is InChI=1S/C10H14N6O2S/c1-5-6(3-7(18-5)8(17)13-12)4-19-10-15-14-9(11)16(10)2/h3H,4,12H2,1-2H3,(H2,11,14)(H,13,17). The predicted molar refractivity (Wildman–Crippen MR) is 70.1 cm³/mol. The van der Waals surface area contributed by atoms with Gasteiger partial charge in [-0.15, -0.1) is 10.2 Å². The maximum absolute atomic E-state index is 11.3. The molecule has 0 unspecified atom stereocenters. The van der Waals surface area contributed by atoms with Crippen molar-refractivity contribution in [2.24, 2.45) is 12.9 Å². The number of hydrogen-bond acceptors (Lipinski definition) is 7. The van der Waals surface area contributed by atoms with Gasteiger partial charge in [-0.05, 0) is 13.0 Å². The average molecular weight is 282 g/mol. The number of amides is 1. The molecule has 102 valence electrons. The number of nitrogen functional groups attached to an aromatic ring is 2. The van der Waals surface area contributed by atoms with Crippen molar-refractivity contribution in [2.45, 2.75) is 17.8 Å². The molecule has 0 saturated heterocycles. The molecular weight excluding hydrogens is 268 g/mol. The zero-order valence-corrected chi connectivity index (χ0v) is 11.3. The van der Waals surface area contributed by atoms with Crippen LogP contribution in [0, 0.1) is 6.92 Å². The lowest BCUT2D eigenvalue weighted by Gasteiger charge is -2.00. The zero-order chi connectivity index (χ0) is 14.0. The summed E-state index contributed by atoms with van der Waals surface area (Å²) in [4.78, 5) is 11.3. The van der Waals surface area contributed by atoms with Crippen LogP contribution < -0.4 is 17.0 Å². The molecular formula is C10H14N6O2S. The summed E-state index contributed by atoms with van der Waals surface area (Å²) in [5, 5.41) is 8.40. The van der Waals surface area contributed by atoms with Crippen LogP contribution >= 0.6 is 11.8 Å². The van der Waals surface area contributed by atoms with E-state index in [-0.39, 0.29) is 5.76 Å². The average Bonchev–Trinajstić information content (AvgIpc) is 2.92. The Morgan fingerprint density at radius 3 is 2.89 bits per heavy atom. The van der Waals surface area contributed by atoms with Crippen molar-refractivity contribution in [3.8, 4) is 0 Å². The summed E-state index contributed by atoms with van der Waals surface area (Å²) in [5.41, 5.74) is 8.51. The Hall–Kier alpha value is -2.00. The Bertz CT molecular complexity index is 605. The third-order valence-electron chi connectivity index (χ3n) is 2.60. The molecule has 9 heteroatoms. The first-order valence-corrected chi connectivity index (χ1v) is 6.39. The summed E-state index contributed by atoms with van der Waals surface area (Å²) in [5.74, 6) is 6.40. The summed E-state index contributed by atoms with van der Waals surface area (Å²) >= 11 is 1.45. The highest BCUT2D eigenvalue weighted by atomic mass is 32.2. The highest BCUT2D eigenvalue weighted by Crippen LogP contribution is 2.25. The zero-order valence-electron chi connectivity index (χ0n) is 10.5. The lowest BCUT2D eigenvalue weighted by Crippen LogP contribution is -2.29. The first kappa shape index (κ1) is 13.4. The Morgan fingerprint density at radius 2 is 2.32 bits per heavy atom. The van der Waals surface area contributed by atoms with Gasteiger partial charge in [0.15, 0.2) is 10.9 Å². The van der Waals surface area contributed by atoms with E-state index in [2.05, 4.69) is 10.2 Å². The van der Waals surface area contributed by atoms with Crippen LogP contribution in [-0.4, -0.2) is 20.7 Å². The molecule has 2 aromatic heterocycles. The smallest absolute Gasteiger partial charge is 0.300 e. The molecule has 2 rings (SSSR count). The highest BCUT2D eigenvalue weighted by molar-refractivity contribution is 7.98. The predicted octanol–water partition coefficient (Wildman–Crippen LogP) is 0.195. The molecule has 0 atom stereocenters. The summed E-state index contributed by atoms with van der Waals surface area (Å²) in [6.07, 6.45) is 0. The number of rotatable bonds is 4. The van der Waals surface area contributed by atoms with Crippen LogP contribution in [0.1, 0.15) is 21.9 Å². The van der Waals surface area contributed by atoms with Crippen LogP contribution in [0.3, 0.4) is 0 Å². The number of thioether (sulfide) groups is 1. The maximum atomic E-state index is 11.3. The molecule has 2 heterocycles. The second-order valence-electron chi connectivity index (χ2n) is 3.85. The van der Waals surface area contributed by atoms with Crippen molar-refractivity contribution in [3.05, 3.63) is 23.2 Å². The van der Waals surface area contributed by atoms with Gasteiger partial charge in [0.05, 0.1) is 0 Å². The van der Waals surface area contributed by atoms with Crippen molar-refractivity contribution in [3.63, 3.8) is 0 Å². The number of aromatic nitrogens is 3. The van der Waals surface area contributed by atoms with E-state index in [0.717, 1.165) is 5.56 Å². The largest absolute Gasteiger partial charge is 0.456 e. The fourth-order valence-electron chi connectivity index (χ4n) is 1.44. The maximum Gasteiger partial charge on any atom is 0.300 e. The molecule has 8 nitrogen and oxygen atoms in total. The molecule has 0 spiro atoms. The Balaban J connectivity index is 2.09. The topological polar surface area (TPSA) is 125 Å². The van der Waals surface area contributed by atoms with Gasteiger partial charge in [0.1, 0.15) is 5.76 Å². The number of nitrogens with two attached hydrogens (primary N) is 2. The van der Waals surface area contributed by atoms with Crippen molar-refractivity contribution in [2.75, 3.05) is 5.73 Å². The summed E-state index contributed by atoms with van der Waals surface area (Å²) in [6.45, 7) is 1.79. The molecule has 0 aliphatic rings. The monoisotopic (exact) mass is 282 g/mol. The molecule has 0 radical (unpaired) electrons. The van der Waals surface area contributed by atoms with Gasteiger partial charge in [0.2, 0.25) is 5.95 Å². The van der Waals surface area contributed by atoms with Gasteiger partial charge < -0.3 is 10.2 Å². The molecule has 0 aromatic carbocycles. The molecule has 19 heavy (non-hydrogen) atoms. The normalized spacial score (nSPS) is 10.7. The lowest BCUT2D eigenvalue weighted by molar-refractivity contribution is 0.0924. The summed E-state index contributed by atoms with van der Waals surface area (Å²) in [6, 6.07) is 1.66. The van der Waals surface area contributed by atoms with Crippen LogP contribution in [0.15, 0.2) is 15.6 Å². The number of hydrogen-bond donors (Lipinski definition) is 3. The van der Waals surface area contributed by atoms with Gasteiger partial charge >= 0.3 is 5.91 Å². The Kier molecular flexibility index (Phi) is 3.76. The van der Waals surface area contributed by atoms with E-state index in [1.807, 2.05) is 5.43 Å². The van der Waals surface area contributed by atoms with Gasteiger partial charge in [0.25, 0.3) is 0 Å². The number of anilines is 1.